The average molecular weight is 723 g/mol. The van der Waals surface area contributed by atoms with Crippen molar-refractivity contribution < 1.29 is 23.9 Å². The molecule has 0 saturated heterocycles. The minimum Gasteiger partial charge on any atom is -0.465 e. The molecule has 4 aromatic rings. The second-order valence-electron chi connectivity index (χ2n) is 11.3. The topological polar surface area (TPSA) is 114 Å². The van der Waals surface area contributed by atoms with Crippen LogP contribution >= 0.6 is 46.3 Å². The van der Waals surface area contributed by atoms with Crippen LogP contribution in [-0.2, 0) is 27.2 Å². The van der Waals surface area contributed by atoms with Crippen LogP contribution in [0.3, 0.4) is 0 Å². The Morgan fingerprint density at radius 3 is 2.50 bits per heavy atom. The predicted molar refractivity (Wildman–Crippen MR) is 194 cm³/mol. The number of rotatable bonds is 10. The number of fused-ring (bicyclic) bond motifs is 1. The van der Waals surface area contributed by atoms with Gasteiger partial charge in [0.1, 0.15) is 10.7 Å². The molecule has 0 radical (unpaired) electrons. The molecule has 0 bridgehead atoms. The number of benzene rings is 3. The van der Waals surface area contributed by atoms with Crippen LogP contribution < -0.4 is 16.0 Å². The first-order valence-corrected chi connectivity index (χ1v) is 17.6. The molecule has 0 fully saturated rings. The molecule has 2 atom stereocenters. The van der Waals surface area contributed by atoms with Gasteiger partial charge >= 0.3 is 5.97 Å². The summed E-state index contributed by atoms with van der Waals surface area (Å²) in [6, 6.07) is 20.4. The molecule has 1 aromatic heterocycles. The highest BCUT2D eigenvalue weighted by Gasteiger charge is 2.30. The summed E-state index contributed by atoms with van der Waals surface area (Å²) in [4.78, 5) is 54.4. The molecule has 5 rings (SSSR count). The molecule has 0 aliphatic heterocycles. The van der Waals surface area contributed by atoms with Crippen molar-refractivity contribution >= 4 is 86.8 Å². The third kappa shape index (κ3) is 8.68. The maximum Gasteiger partial charge on any atom is 0.341 e. The fraction of sp³-hybridized carbons (Fsp3) is 0.222. The van der Waals surface area contributed by atoms with E-state index in [9.17, 15) is 19.2 Å². The molecule has 3 aromatic carbocycles. The number of thioether (sulfide) groups is 1. The molecule has 1 heterocycles. The molecule has 3 amide bonds. The highest BCUT2D eigenvalue weighted by atomic mass is 35.5. The van der Waals surface area contributed by atoms with Crippen LogP contribution in [-0.4, -0.2) is 36.1 Å². The summed E-state index contributed by atoms with van der Waals surface area (Å²) < 4.78 is 5.05. The number of carbonyl (C=O) groups excluding carboxylic acids is 4. The lowest BCUT2D eigenvalue weighted by atomic mass is 9.88. The number of ether oxygens (including phenoxy) is 1. The standard InChI is InChI=1S/C36H33Cl2N3O5S2/c1-20-12-15-27-30(16-20)48-35(31(27)36(45)46-3)41-32(42)21(2)47-26-11-7-10-25(19-26)39-34(44)29(17-23-13-14-24(37)18-28(23)38)40-33(43)22-8-5-4-6-9-22/h4-11,13-14,17-21H,12,15-16H2,1-3H3,(H,39,44)(H,40,43)(H,41,42)/b29-17+. The number of nitrogens with one attached hydrogen (secondary N) is 3. The van der Waals surface area contributed by atoms with Gasteiger partial charge in [0.2, 0.25) is 5.91 Å². The Bertz CT molecular complexity index is 1890. The molecule has 12 heteroatoms. The summed E-state index contributed by atoms with van der Waals surface area (Å²) in [5, 5.41) is 9.21. The molecule has 0 saturated carbocycles. The zero-order valence-electron chi connectivity index (χ0n) is 26.4. The SMILES string of the molecule is COC(=O)c1c(NC(=O)C(C)Sc2cccc(NC(=O)/C(=C\c3ccc(Cl)cc3Cl)NC(=O)c3ccccc3)c2)sc2c1CCC(C)C2. The molecule has 1 aliphatic rings. The highest BCUT2D eigenvalue weighted by molar-refractivity contribution is 8.00. The normalized spacial score (nSPS) is 14.8. The maximum atomic E-state index is 13.6. The largest absolute Gasteiger partial charge is 0.465 e. The number of carbonyl (C=O) groups is 4. The Hall–Kier alpha value is -4.09. The van der Waals surface area contributed by atoms with E-state index in [2.05, 4.69) is 22.9 Å². The number of esters is 1. The Balaban J connectivity index is 1.31. The minimum absolute atomic E-state index is 0.0340. The van der Waals surface area contributed by atoms with Crippen LogP contribution in [0.5, 0.6) is 0 Å². The van der Waals surface area contributed by atoms with Gasteiger partial charge in [-0.05, 0) is 91.8 Å². The summed E-state index contributed by atoms with van der Waals surface area (Å²) >= 11 is 15.2. The summed E-state index contributed by atoms with van der Waals surface area (Å²) in [7, 11) is 1.34. The smallest absolute Gasteiger partial charge is 0.341 e. The fourth-order valence-corrected chi connectivity index (χ4v) is 7.98. The number of halogens is 2. The molecule has 1 aliphatic carbocycles. The van der Waals surface area contributed by atoms with Crippen molar-refractivity contribution in [2.24, 2.45) is 5.92 Å². The van der Waals surface area contributed by atoms with Crippen LogP contribution in [0.15, 0.2) is 83.4 Å². The number of methoxy groups -OCH3 is 1. The van der Waals surface area contributed by atoms with Crippen molar-refractivity contribution in [3.05, 3.63) is 116 Å². The van der Waals surface area contributed by atoms with E-state index in [4.69, 9.17) is 27.9 Å². The fourth-order valence-electron chi connectivity index (χ4n) is 5.19. The predicted octanol–water partition coefficient (Wildman–Crippen LogP) is 8.50. The van der Waals surface area contributed by atoms with Gasteiger partial charge in [-0.2, -0.15) is 0 Å². The first-order chi connectivity index (χ1) is 23.0. The zero-order valence-corrected chi connectivity index (χ0v) is 29.5. The van der Waals surface area contributed by atoms with Gasteiger partial charge in [0, 0.05) is 31.1 Å². The molecule has 48 heavy (non-hydrogen) atoms. The molecule has 3 N–H and O–H groups in total. The summed E-state index contributed by atoms with van der Waals surface area (Å²) in [6.07, 6.45) is 4.09. The number of thiophene rings is 1. The quantitative estimate of drug-likeness (QED) is 0.0860. The summed E-state index contributed by atoms with van der Waals surface area (Å²) in [5.74, 6) is -1.26. The van der Waals surface area contributed by atoms with Crippen molar-refractivity contribution in [3.63, 3.8) is 0 Å². The Labute approximate surface area is 297 Å². The summed E-state index contributed by atoms with van der Waals surface area (Å²) in [6.45, 7) is 3.95. The maximum absolute atomic E-state index is 13.6. The van der Waals surface area contributed by atoms with Gasteiger partial charge in [-0.25, -0.2) is 4.79 Å². The zero-order chi connectivity index (χ0) is 34.4. The van der Waals surface area contributed by atoms with Crippen LogP contribution in [0.25, 0.3) is 6.08 Å². The lowest BCUT2D eigenvalue weighted by Gasteiger charge is -2.18. The van der Waals surface area contributed by atoms with Gasteiger partial charge in [0.05, 0.1) is 17.9 Å². The molecular weight excluding hydrogens is 689 g/mol. The second kappa shape index (κ2) is 15.9. The van der Waals surface area contributed by atoms with Gasteiger partial charge in [0.25, 0.3) is 11.8 Å². The van der Waals surface area contributed by atoms with E-state index >= 15 is 0 Å². The summed E-state index contributed by atoms with van der Waals surface area (Å²) in [5.41, 5.74) is 2.69. The van der Waals surface area contributed by atoms with Gasteiger partial charge in [0.15, 0.2) is 0 Å². The number of hydrogen-bond donors (Lipinski definition) is 3. The first kappa shape index (κ1) is 35.2. The van der Waals surface area contributed by atoms with E-state index in [1.165, 1.54) is 36.3 Å². The molecule has 0 spiro atoms. The van der Waals surface area contributed by atoms with Crippen molar-refractivity contribution in [1.29, 1.82) is 0 Å². The van der Waals surface area contributed by atoms with Crippen molar-refractivity contribution in [3.8, 4) is 0 Å². The molecular formula is C36H33Cl2N3O5S2. The number of amides is 3. The number of hydrogen-bond acceptors (Lipinski definition) is 7. The van der Waals surface area contributed by atoms with Gasteiger partial charge in [-0.3, -0.25) is 14.4 Å². The van der Waals surface area contributed by atoms with E-state index in [1.54, 1.807) is 73.7 Å². The second-order valence-corrected chi connectivity index (χ2v) is 14.7. The lowest BCUT2D eigenvalue weighted by molar-refractivity contribution is -0.115. The Morgan fingerprint density at radius 1 is 1.00 bits per heavy atom. The third-order valence-corrected chi connectivity index (χ3v) is 10.5. The van der Waals surface area contributed by atoms with Crippen molar-refractivity contribution in [1.82, 2.24) is 5.32 Å². The highest BCUT2D eigenvalue weighted by Crippen LogP contribution is 2.40. The van der Waals surface area contributed by atoms with E-state index in [1.807, 2.05) is 6.07 Å². The lowest BCUT2D eigenvalue weighted by Crippen LogP contribution is -2.30. The van der Waals surface area contributed by atoms with Gasteiger partial charge in [-0.1, -0.05) is 60.5 Å². The van der Waals surface area contributed by atoms with E-state index in [-0.39, 0.29) is 11.6 Å². The first-order valence-electron chi connectivity index (χ1n) is 15.2. The Morgan fingerprint density at radius 2 is 1.77 bits per heavy atom. The molecule has 8 nitrogen and oxygen atoms in total. The van der Waals surface area contributed by atoms with Crippen LogP contribution in [0.2, 0.25) is 10.0 Å². The van der Waals surface area contributed by atoms with Crippen LogP contribution in [0.1, 0.15) is 57.0 Å². The van der Waals surface area contributed by atoms with Crippen molar-refractivity contribution in [2.45, 2.75) is 43.3 Å². The Kier molecular flexibility index (Phi) is 11.6. The number of anilines is 2. The van der Waals surface area contributed by atoms with Gasteiger partial charge in [-0.15, -0.1) is 23.1 Å². The van der Waals surface area contributed by atoms with E-state index < -0.39 is 23.0 Å². The van der Waals surface area contributed by atoms with Gasteiger partial charge < -0.3 is 20.7 Å². The molecule has 248 valence electrons. The van der Waals surface area contributed by atoms with Crippen LogP contribution in [0.4, 0.5) is 10.7 Å². The third-order valence-electron chi connectivity index (χ3n) is 7.70. The monoisotopic (exact) mass is 721 g/mol. The van der Waals surface area contributed by atoms with E-state index in [0.29, 0.717) is 43.3 Å². The van der Waals surface area contributed by atoms with E-state index in [0.717, 1.165) is 34.6 Å². The molecule has 2 unspecified atom stereocenters. The van der Waals surface area contributed by atoms with Crippen molar-refractivity contribution in [2.75, 3.05) is 17.7 Å². The average Bonchev–Trinajstić information content (AvgIpc) is 3.42. The minimum atomic E-state index is -0.579. The van der Waals surface area contributed by atoms with Crippen LogP contribution in [0, 0.1) is 5.92 Å².